The molecule has 1 aliphatic rings. The van der Waals surface area contributed by atoms with Crippen LogP contribution in [0.3, 0.4) is 0 Å². The highest BCUT2D eigenvalue weighted by Crippen LogP contribution is 2.23. The number of Topliss-reactive ketones (excluding diaryl/α,β-unsaturated/α-hetero) is 1. The molecule has 1 heterocycles. The van der Waals surface area contributed by atoms with E-state index in [4.69, 9.17) is 20.1 Å². The number of hydrogen-bond donors (Lipinski definition) is 5. The van der Waals surface area contributed by atoms with Crippen LogP contribution in [0.25, 0.3) is 10.4 Å². The Balaban J connectivity index is 2.52. The molecule has 6 atom stereocenters. The minimum absolute atomic E-state index is 0.132. The first-order valence-electron chi connectivity index (χ1n) is 9.80. The second-order valence-corrected chi connectivity index (χ2v) is 8.16. The minimum atomic E-state index is -1.57. The number of amides is 1. The summed E-state index contributed by atoms with van der Waals surface area (Å²) in [5.41, 5.74) is 7.96. The summed E-state index contributed by atoms with van der Waals surface area (Å²) in [5, 5.41) is 44.7. The summed E-state index contributed by atoms with van der Waals surface area (Å²) in [4.78, 5) is 26.2. The number of rotatable bonds is 11. The van der Waals surface area contributed by atoms with Crippen LogP contribution in [0.1, 0.15) is 40.0 Å². The van der Waals surface area contributed by atoms with Crippen LogP contribution in [-0.2, 0) is 19.1 Å². The molecule has 0 bridgehead atoms. The van der Waals surface area contributed by atoms with Gasteiger partial charge in [-0.15, -0.1) is 0 Å². The van der Waals surface area contributed by atoms with Crippen molar-refractivity contribution in [3.05, 3.63) is 10.4 Å². The topological polar surface area (TPSA) is 194 Å². The summed E-state index contributed by atoms with van der Waals surface area (Å²) < 4.78 is 10.9. The normalized spacial score (nSPS) is 27.8. The monoisotopic (exact) mass is 432 g/mol. The van der Waals surface area contributed by atoms with Crippen LogP contribution in [0.15, 0.2) is 5.11 Å². The van der Waals surface area contributed by atoms with Gasteiger partial charge in [0.15, 0.2) is 6.29 Å². The van der Waals surface area contributed by atoms with Gasteiger partial charge in [-0.05, 0) is 18.4 Å². The van der Waals surface area contributed by atoms with Gasteiger partial charge in [-0.3, -0.25) is 9.59 Å². The lowest BCUT2D eigenvalue weighted by Gasteiger charge is -2.40. The van der Waals surface area contributed by atoms with Gasteiger partial charge in [-0.25, -0.2) is 0 Å². The number of aliphatic hydroxyl groups is 4. The molecule has 30 heavy (non-hydrogen) atoms. The highest BCUT2D eigenvalue weighted by molar-refractivity contribution is 5.83. The maximum Gasteiger partial charge on any atom is 0.231 e. The lowest BCUT2D eigenvalue weighted by atomic mass is 9.88. The Morgan fingerprint density at radius 2 is 1.87 bits per heavy atom. The molecule has 3 unspecified atom stereocenters. The number of nitrogens with zero attached hydrogens (tertiary/aromatic N) is 3. The first kappa shape index (κ1) is 26.2. The Labute approximate surface area is 174 Å². The van der Waals surface area contributed by atoms with Crippen molar-refractivity contribution in [3.63, 3.8) is 0 Å². The number of ether oxygens (including phenoxy) is 2. The van der Waals surface area contributed by atoms with Crippen molar-refractivity contribution in [3.8, 4) is 0 Å². The van der Waals surface area contributed by atoms with Crippen LogP contribution >= 0.6 is 0 Å². The van der Waals surface area contributed by atoms with Gasteiger partial charge >= 0.3 is 0 Å². The van der Waals surface area contributed by atoms with E-state index in [1.165, 1.54) is 0 Å². The van der Waals surface area contributed by atoms with Gasteiger partial charge in [0.25, 0.3) is 0 Å². The van der Waals surface area contributed by atoms with Crippen LogP contribution in [-0.4, -0.2) is 88.6 Å². The third-order valence-corrected chi connectivity index (χ3v) is 4.73. The summed E-state index contributed by atoms with van der Waals surface area (Å²) in [6.07, 6.45) is -5.41. The average Bonchev–Trinajstić information content (AvgIpc) is 2.69. The fourth-order valence-electron chi connectivity index (χ4n) is 2.74. The number of ketones is 1. The van der Waals surface area contributed by atoms with Crippen molar-refractivity contribution in [2.75, 3.05) is 19.8 Å². The van der Waals surface area contributed by atoms with Crippen molar-refractivity contribution >= 4 is 11.7 Å². The van der Waals surface area contributed by atoms with Crippen LogP contribution < -0.4 is 5.32 Å². The molecule has 172 valence electrons. The van der Waals surface area contributed by atoms with E-state index >= 15 is 0 Å². The van der Waals surface area contributed by atoms with E-state index in [1.54, 1.807) is 0 Å². The van der Waals surface area contributed by atoms with Crippen LogP contribution in [0, 0.1) is 5.41 Å². The zero-order valence-electron chi connectivity index (χ0n) is 17.5. The second kappa shape index (κ2) is 12.2. The van der Waals surface area contributed by atoms with E-state index in [2.05, 4.69) is 15.3 Å². The van der Waals surface area contributed by atoms with Crippen molar-refractivity contribution in [2.45, 2.75) is 76.8 Å². The molecule has 0 spiro atoms. The molecular formula is C18H32N4O8. The van der Waals surface area contributed by atoms with Gasteiger partial charge in [0.2, 0.25) is 5.91 Å². The predicted molar refractivity (Wildman–Crippen MR) is 104 cm³/mol. The van der Waals surface area contributed by atoms with Crippen molar-refractivity contribution in [1.29, 1.82) is 0 Å². The molecule has 1 amide bonds. The molecule has 1 fully saturated rings. The second-order valence-electron chi connectivity index (χ2n) is 8.16. The van der Waals surface area contributed by atoms with Crippen molar-refractivity contribution in [1.82, 2.24) is 5.32 Å². The van der Waals surface area contributed by atoms with Crippen LogP contribution in [0.4, 0.5) is 0 Å². The Bertz CT molecular complexity index is 620. The van der Waals surface area contributed by atoms with Gasteiger partial charge in [0.05, 0.1) is 6.61 Å². The first-order valence-corrected chi connectivity index (χ1v) is 9.80. The van der Waals surface area contributed by atoms with Gasteiger partial charge in [-0.2, -0.15) is 0 Å². The van der Waals surface area contributed by atoms with E-state index in [9.17, 15) is 24.9 Å². The predicted octanol–water partition coefficient (Wildman–Crippen LogP) is -0.616. The smallest absolute Gasteiger partial charge is 0.231 e. The number of aliphatic hydroxyl groups excluding tert-OH is 4. The molecule has 0 radical (unpaired) electrons. The number of azide groups is 1. The fraction of sp³-hybridized carbons (Fsp3) is 0.889. The summed E-state index contributed by atoms with van der Waals surface area (Å²) in [6, 6.07) is -1.34. The molecule has 0 aromatic carbocycles. The highest BCUT2D eigenvalue weighted by atomic mass is 16.7. The number of carbonyl (C=O) groups excluding carboxylic acids is 2. The zero-order valence-corrected chi connectivity index (χ0v) is 17.5. The van der Waals surface area contributed by atoms with Gasteiger partial charge in [0, 0.05) is 29.9 Å². The molecular weight excluding hydrogens is 400 g/mol. The van der Waals surface area contributed by atoms with Gasteiger partial charge < -0.3 is 35.2 Å². The lowest BCUT2D eigenvalue weighted by molar-refractivity contribution is -0.295. The highest BCUT2D eigenvalue weighted by Gasteiger charge is 2.44. The Morgan fingerprint density at radius 1 is 1.20 bits per heavy atom. The molecule has 0 saturated carbocycles. The Kier molecular flexibility index (Phi) is 10.6. The SMILES string of the molecule is CC(C)(C)C(=O)CCCCO[C@@H]1OC(CNC(=O)C(CO)N=[N+]=[N-])[C@H](O)[C@H](O)C1O. The van der Waals surface area contributed by atoms with E-state index < -0.39 is 54.7 Å². The lowest BCUT2D eigenvalue weighted by Crippen LogP contribution is -2.61. The molecule has 12 heteroatoms. The van der Waals surface area contributed by atoms with E-state index in [0.29, 0.717) is 19.3 Å². The molecule has 12 nitrogen and oxygen atoms in total. The molecule has 0 aromatic rings. The average molecular weight is 432 g/mol. The Morgan fingerprint density at radius 3 is 2.43 bits per heavy atom. The van der Waals surface area contributed by atoms with Gasteiger partial charge in [-0.1, -0.05) is 25.9 Å². The summed E-state index contributed by atoms with van der Waals surface area (Å²) in [7, 11) is 0. The number of carbonyl (C=O) groups is 2. The molecule has 5 N–H and O–H groups in total. The number of nitrogens with one attached hydrogen (secondary N) is 1. The number of unbranched alkanes of at least 4 members (excludes halogenated alkanes) is 1. The van der Waals surface area contributed by atoms with Crippen LogP contribution in [0.2, 0.25) is 0 Å². The molecule has 1 rings (SSSR count). The summed E-state index contributed by atoms with van der Waals surface area (Å²) >= 11 is 0. The van der Waals surface area contributed by atoms with Crippen LogP contribution in [0.5, 0.6) is 0 Å². The molecule has 1 aliphatic heterocycles. The van der Waals surface area contributed by atoms with Crippen molar-refractivity contribution < 1.29 is 39.5 Å². The summed E-state index contributed by atoms with van der Waals surface area (Å²) in [5.74, 6) is -0.652. The number of hydrogen-bond acceptors (Lipinski definition) is 9. The third-order valence-electron chi connectivity index (χ3n) is 4.73. The van der Waals surface area contributed by atoms with Gasteiger partial charge in [0.1, 0.15) is 36.2 Å². The molecule has 0 aromatic heterocycles. The largest absolute Gasteiger partial charge is 0.395 e. The van der Waals surface area contributed by atoms with E-state index in [0.717, 1.165) is 0 Å². The minimum Gasteiger partial charge on any atom is -0.395 e. The maximum atomic E-state index is 11.9. The summed E-state index contributed by atoms with van der Waals surface area (Å²) in [6.45, 7) is 4.72. The van der Waals surface area contributed by atoms with E-state index in [1.807, 2.05) is 20.8 Å². The zero-order chi connectivity index (χ0) is 22.9. The molecule has 1 saturated heterocycles. The Hall–Kier alpha value is -1.79. The maximum absolute atomic E-state index is 11.9. The fourth-order valence-corrected chi connectivity index (χ4v) is 2.74. The van der Waals surface area contributed by atoms with E-state index in [-0.39, 0.29) is 18.9 Å². The first-order chi connectivity index (χ1) is 14.0. The quantitative estimate of drug-likeness (QED) is 0.123. The molecule has 0 aliphatic carbocycles. The third kappa shape index (κ3) is 7.80. The van der Waals surface area contributed by atoms with Crippen molar-refractivity contribution in [2.24, 2.45) is 10.5 Å². The standard InChI is InChI=1S/C18H32N4O8/c1-18(2,3)12(24)6-4-5-7-29-17-15(27)14(26)13(25)11(30-17)8-20-16(28)10(9-23)21-22-19/h10-11,13-15,17,23,25-27H,4-9H2,1-3H3,(H,20,28)/t10?,11?,13-,14-,15?,17+/m0/s1.